The number of hydrogen-bond donors (Lipinski definition) is 2. The van der Waals surface area contributed by atoms with Gasteiger partial charge in [0, 0.05) is 48.0 Å². The summed E-state index contributed by atoms with van der Waals surface area (Å²) in [5.41, 5.74) is 1.89. The molecule has 0 bridgehead atoms. The predicted molar refractivity (Wildman–Crippen MR) is 114 cm³/mol. The molecule has 28 heavy (non-hydrogen) atoms. The zero-order valence-electron chi connectivity index (χ0n) is 15.7. The first-order chi connectivity index (χ1) is 13.6. The standard InChI is InChI=1S/C22H23BrN2O3/c1-27-18-5-2-15(3-6-18)14-24-21-19(22(26)8-10-28-11-9-22)13-16-12-17(23)4-7-20(16)25-21/h2-7,12-13,26H,8-11,14H2,1H3,(H,24,25). The van der Waals surface area contributed by atoms with Gasteiger partial charge in [0.15, 0.2) is 0 Å². The maximum Gasteiger partial charge on any atom is 0.133 e. The van der Waals surface area contributed by atoms with E-state index in [0.717, 1.165) is 38.1 Å². The molecule has 1 aliphatic rings. The van der Waals surface area contributed by atoms with Crippen LogP contribution in [0.2, 0.25) is 0 Å². The number of nitrogens with zero attached hydrogens (tertiary/aromatic N) is 1. The molecule has 146 valence electrons. The minimum absolute atomic E-state index is 0.547. The molecule has 0 amide bonds. The van der Waals surface area contributed by atoms with Crippen molar-refractivity contribution >= 4 is 32.7 Å². The highest BCUT2D eigenvalue weighted by Gasteiger charge is 2.34. The Labute approximate surface area is 172 Å². The molecule has 2 aromatic carbocycles. The second-order valence-electron chi connectivity index (χ2n) is 7.07. The number of aliphatic hydroxyl groups is 1. The molecule has 1 fully saturated rings. The van der Waals surface area contributed by atoms with Gasteiger partial charge in [0.1, 0.15) is 11.6 Å². The monoisotopic (exact) mass is 442 g/mol. The molecule has 6 heteroatoms. The summed E-state index contributed by atoms with van der Waals surface area (Å²) in [6.07, 6.45) is 1.12. The normalized spacial score (nSPS) is 16.1. The van der Waals surface area contributed by atoms with Gasteiger partial charge in [0.25, 0.3) is 0 Å². The van der Waals surface area contributed by atoms with E-state index in [1.54, 1.807) is 7.11 Å². The van der Waals surface area contributed by atoms with E-state index in [0.29, 0.717) is 32.6 Å². The smallest absolute Gasteiger partial charge is 0.133 e. The highest BCUT2D eigenvalue weighted by Crippen LogP contribution is 2.38. The first-order valence-corrected chi connectivity index (χ1v) is 10.1. The lowest BCUT2D eigenvalue weighted by Gasteiger charge is -2.34. The van der Waals surface area contributed by atoms with Crippen LogP contribution in [0.5, 0.6) is 5.75 Å². The molecule has 4 rings (SSSR count). The average Bonchev–Trinajstić information content (AvgIpc) is 2.72. The van der Waals surface area contributed by atoms with Crippen LogP contribution in [0.1, 0.15) is 24.0 Å². The molecule has 1 saturated heterocycles. The molecular weight excluding hydrogens is 420 g/mol. The van der Waals surface area contributed by atoms with Gasteiger partial charge in [-0.15, -0.1) is 0 Å². The number of benzene rings is 2. The SMILES string of the molecule is COc1ccc(CNc2nc3ccc(Br)cc3cc2C2(O)CCOCC2)cc1. The lowest BCUT2D eigenvalue weighted by molar-refractivity contribution is -0.0675. The molecule has 3 aromatic rings. The van der Waals surface area contributed by atoms with E-state index < -0.39 is 5.60 Å². The molecule has 0 atom stereocenters. The number of fused-ring (bicyclic) bond motifs is 1. The van der Waals surface area contributed by atoms with Crippen molar-refractivity contribution in [3.63, 3.8) is 0 Å². The van der Waals surface area contributed by atoms with E-state index in [9.17, 15) is 5.11 Å². The number of hydrogen-bond acceptors (Lipinski definition) is 5. The third-order valence-electron chi connectivity index (χ3n) is 5.22. The van der Waals surface area contributed by atoms with Gasteiger partial charge in [-0.1, -0.05) is 28.1 Å². The topological polar surface area (TPSA) is 63.6 Å². The Bertz CT molecular complexity index is 969. The minimum atomic E-state index is -0.940. The number of methoxy groups -OCH3 is 1. The summed E-state index contributed by atoms with van der Waals surface area (Å²) < 4.78 is 11.7. The predicted octanol–water partition coefficient (Wildman–Crippen LogP) is 4.62. The van der Waals surface area contributed by atoms with Gasteiger partial charge in [-0.25, -0.2) is 4.98 Å². The fourth-order valence-corrected chi connectivity index (χ4v) is 3.92. The van der Waals surface area contributed by atoms with E-state index in [1.807, 2.05) is 42.5 Å². The number of halogens is 1. The van der Waals surface area contributed by atoms with Gasteiger partial charge >= 0.3 is 0 Å². The average molecular weight is 443 g/mol. The van der Waals surface area contributed by atoms with Gasteiger partial charge in [0.05, 0.1) is 18.2 Å². The molecule has 2 heterocycles. The Morgan fingerprint density at radius 1 is 1.14 bits per heavy atom. The maximum absolute atomic E-state index is 11.3. The van der Waals surface area contributed by atoms with E-state index in [1.165, 1.54) is 0 Å². The fraction of sp³-hybridized carbons (Fsp3) is 0.318. The van der Waals surface area contributed by atoms with E-state index >= 15 is 0 Å². The van der Waals surface area contributed by atoms with Crippen LogP contribution >= 0.6 is 15.9 Å². The van der Waals surface area contributed by atoms with Crippen LogP contribution < -0.4 is 10.1 Å². The van der Waals surface area contributed by atoms with Gasteiger partial charge in [-0.2, -0.15) is 0 Å². The number of pyridine rings is 1. The van der Waals surface area contributed by atoms with Crippen molar-refractivity contribution in [2.45, 2.75) is 25.0 Å². The number of nitrogens with one attached hydrogen (secondary N) is 1. The Morgan fingerprint density at radius 3 is 2.61 bits per heavy atom. The second-order valence-corrected chi connectivity index (χ2v) is 7.98. The van der Waals surface area contributed by atoms with E-state index in [-0.39, 0.29) is 0 Å². The van der Waals surface area contributed by atoms with Crippen molar-refractivity contribution in [3.05, 3.63) is 64.1 Å². The van der Waals surface area contributed by atoms with E-state index in [4.69, 9.17) is 14.5 Å². The van der Waals surface area contributed by atoms with Crippen molar-refractivity contribution in [3.8, 4) is 5.75 Å². The van der Waals surface area contributed by atoms with Crippen LogP contribution in [-0.2, 0) is 16.9 Å². The van der Waals surface area contributed by atoms with Crippen LogP contribution in [0.4, 0.5) is 5.82 Å². The molecule has 0 aliphatic carbocycles. The van der Waals surface area contributed by atoms with Crippen molar-refractivity contribution in [2.75, 3.05) is 25.6 Å². The molecule has 5 nitrogen and oxygen atoms in total. The number of anilines is 1. The summed E-state index contributed by atoms with van der Waals surface area (Å²) >= 11 is 3.52. The van der Waals surface area contributed by atoms with Crippen LogP contribution in [0.25, 0.3) is 10.9 Å². The van der Waals surface area contributed by atoms with Gasteiger partial charge in [-0.3, -0.25) is 0 Å². The van der Waals surface area contributed by atoms with Crippen molar-refractivity contribution in [1.82, 2.24) is 4.98 Å². The summed E-state index contributed by atoms with van der Waals surface area (Å²) in [5, 5.41) is 15.8. The molecule has 2 N–H and O–H groups in total. The second kappa shape index (κ2) is 8.07. The maximum atomic E-state index is 11.3. The summed E-state index contributed by atoms with van der Waals surface area (Å²) in [4.78, 5) is 4.83. The third kappa shape index (κ3) is 3.99. The summed E-state index contributed by atoms with van der Waals surface area (Å²) in [6.45, 7) is 1.70. The van der Waals surface area contributed by atoms with Crippen LogP contribution in [0.15, 0.2) is 53.0 Å². The fourth-order valence-electron chi connectivity index (χ4n) is 3.54. The molecular formula is C22H23BrN2O3. The molecule has 1 aromatic heterocycles. The zero-order chi connectivity index (χ0) is 19.6. The molecule has 0 saturated carbocycles. The number of ether oxygens (including phenoxy) is 2. The van der Waals surface area contributed by atoms with Gasteiger partial charge < -0.3 is 19.9 Å². The Balaban J connectivity index is 1.69. The summed E-state index contributed by atoms with van der Waals surface area (Å²) in [7, 11) is 1.66. The summed E-state index contributed by atoms with van der Waals surface area (Å²) in [5.74, 6) is 1.55. The largest absolute Gasteiger partial charge is 0.497 e. The Hall–Kier alpha value is -2.15. The van der Waals surface area contributed by atoms with Crippen molar-refractivity contribution in [1.29, 1.82) is 0 Å². The highest BCUT2D eigenvalue weighted by molar-refractivity contribution is 9.10. The number of aromatic nitrogens is 1. The zero-order valence-corrected chi connectivity index (χ0v) is 17.3. The minimum Gasteiger partial charge on any atom is -0.497 e. The van der Waals surface area contributed by atoms with Gasteiger partial charge in [-0.05, 0) is 42.0 Å². The van der Waals surface area contributed by atoms with Crippen LogP contribution in [-0.4, -0.2) is 30.4 Å². The first-order valence-electron chi connectivity index (χ1n) is 9.35. The highest BCUT2D eigenvalue weighted by atomic mass is 79.9. The molecule has 0 spiro atoms. The van der Waals surface area contributed by atoms with Gasteiger partial charge in [0.2, 0.25) is 0 Å². The van der Waals surface area contributed by atoms with Crippen LogP contribution in [0, 0.1) is 0 Å². The molecule has 0 unspecified atom stereocenters. The molecule has 0 radical (unpaired) electrons. The van der Waals surface area contributed by atoms with Crippen molar-refractivity contribution in [2.24, 2.45) is 0 Å². The van der Waals surface area contributed by atoms with Crippen molar-refractivity contribution < 1.29 is 14.6 Å². The molecule has 1 aliphatic heterocycles. The Morgan fingerprint density at radius 2 is 1.89 bits per heavy atom. The lowest BCUT2D eigenvalue weighted by Crippen LogP contribution is -2.34. The van der Waals surface area contributed by atoms with E-state index in [2.05, 4.69) is 27.3 Å². The summed E-state index contributed by atoms with van der Waals surface area (Å²) in [6, 6.07) is 16.0. The number of rotatable bonds is 5. The van der Waals surface area contributed by atoms with Crippen LogP contribution in [0.3, 0.4) is 0 Å². The lowest BCUT2D eigenvalue weighted by atomic mass is 9.86. The first kappa shape index (κ1) is 19.2. The Kier molecular flexibility index (Phi) is 5.53. The quantitative estimate of drug-likeness (QED) is 0.603. The third-order valence-corrected chi connectivity index (χ3v) is 5.71.